The first-order valence-electron chi connectivity index (χ1n) is 6.31. The third-order valence-corrected chi connectivity index (χ3v) is 3.53. The van der Waals surface area contributed by atoms with Gasteiger partial charge in [0.25, 0.3) is 5.91 Å². The normalized spacial score (nSPS) is 11.2. The van der Waals surface area contributed by atoms with E-state index in [0.717, 1.165) is 11.5 Å². The maximum atomic E-state index is 12.1. The molecular formula is C14H18N4OS. The molecule has 2 aromatic heterocycles. The van der Waals surface area contributed by atoms with Gasteiger partial charge in [0.05, 0.1) is 11.3 Å². The second kappa shape index (κ2) is 5.58. The van der Waals surface area contributed by atoms with Crippen molar-refractivity contribution in [2.24, 2.45) is 0 Å². The molecule has 0 spiro atoms. The van der Waals surface area contributed by atoms with Crippen LogP contribution in [0.25, 0.3) is 0 Å². The molecule has 2 rings (SSSR count). The summed E-state index contributed by atoms with van der Waals surface area (Å²) >= 11 is 1.43. The van der Waals surface area contributed by atoms with Crippen molar-refractivity contribution < 1.29 is 4.79 Å². The molecule has 0 saturated carbocycles. The highest BCUT2D eigenvalue weighted by Gasteiger charge is 2.18. The number of amides is 1. The topological polar surface area (TPSA) is 66.9 Å². The molecule has 20 heavy (non-hydrogen) atoms. The summed E-state index contributed by atoms with van der Waals surface area (Å²) in [5.41, 5.74) is 1.47. The Labute approximate surface area is 122 Å². The number of hydrogen-bond acceptors (Lipinski definition) is 5. The minimum atomic E-state index is -0.199. The molecule has 106 valence electrons. The summed E-state index contributed by atoms with van der Waals surface area (Å²) in [6.45, 7) is 6.27. The first-order chi connectivity index (χ1) is 9.40. The molecule has 2 aromatic rings. The Balaban J connectivity index is 2.09. The van der Waals surface area contributed by atoms with E-state index in [1.165, 1.54) is 11.3 Å². The number of anilines is 2. The molecule has 1 amide bonds. The molecule has 0 atom stereocenters. The molecule has 0 unspecified atom stereocenters. The van der Waals surface area contributed by atoms with Crippen molar-refractivity contribution in [1.82, 2.24) is 9.97 Å². The lowest BCUT2D eigenvalue weighted by Gasteiger charge is -2.14. The van der Waals surface area contributed by atoms with E-state index < -0.39 is 0 Å². The maximum absolute atomic E-state index is 12.1. The monoisotopic (exact) mass is 290 g/mol. The van der Waals surface area contributed by atoms with Crippen LogP contribution in [0.1, 0.15) is 36.8 Å². The standard InChI is InChI=1S/C14H18N4OS/c1-14(2,3)10-8-20-13(17-10)18-12(19)9-5-6-11(15-4)16-7-9/h5-8H,1-4H3,(H,15,16)(H,17,18,19). The van der Waals surface area contributed by atoms with Crippen molar-refractivity contribution in [3.05, 3.63) is 35.0 Å². The van der Waals surface area contributed by atoms with E-state index in [-0.39, 0.29) is 11.3 Å². The van der Waals surface area contributed by atoms with Gasteiger partial charge in [-0.2, -0.15) is 0 Å². The summed E-state index contributed by atoms with van der Waals surface area (Å²) in [7, 11) is 1.78. The largest absolute Gasteiger partial charge is 0.373 e. The molecule has 0 fully saturated rings. The predicted octanol–water partition coefficient (Wildman–Crippen LogP) is 3.13. The quantitative estimate of drug-likeness (QED) is 0.911. The van der Waals surface area contributed by atoms with Crippen molar-refractivity contribution in [1.29, 1.82) is 0 Å². The van der Waals surface area contributed by atoms with Gasteiger partial charge in [-0.1, -0.05) is 20.8 Å². The fourth-order valence-corrected chi connectivity index (χ4v) is 2.45. The van der Waals surface area contributed by atoms with E-state index in [1.54, 1.807) is 25.4 Å². The minimum absolute atomic E-state index is 0.0184. The number of hydrogen-bond donors (Lipinski definition) is 2. The Morgan fingerprint density at radius 3 is 2.55 bits per heavy atom. The fourth-order valence-electron chi connectivity index (χ4n) is 1.52. The highest BCUT2D eigenvalue weighted by atomic mass is 32.1. The highest BCUT2D eigenvalue weighted by Crippen LogP contribution is 2.26. The number of nitrogens with one attached hydrogen (secondary N) is 2. The molecule has 0 aliphatic heterocycles. The zero-order chi connectivity index (χ0) is 14.8. The van der Waals surface area contributed by atoms with Crippen LogP contribution in [0.2, 0.25) is 0 Å². The number of rotatable bonds is 3. The van der Waals surface area contributed by atoms with Gasteiger partial charge in [0.2, 0.25) is 0 Å². The lowest BCUT2D eigenvalue weighted by Crippen LogP contribution is -2.14. The first-order valence-corrected chi connectivity index (χ1v) is 7.19. The van der Waals surface area contributed by atoms with Gasteiger partial charge in [0, 0.05) is 24.0 Å². The van der Waals surface area contributed by atoms with Gasteiger partial charge in [-0.25, -0.2) is 9.97 Å². The Morgan fingerprint density at radius 1 is 1.30 bits per heavy atom. The average molecular weight is 290 g/mol. The molecule has 0 bridgehead atoms. The van der Waals surface area contributed by atoms with Crippen LogP contribution in [0.3, 0.4) is 0 Å². The van der Waals surface area contributed by atoms with E-state index in [0.29, 0.717) is 10.7 Å². The molecule has 0 saturated heterocycles. The van der Waals surface area contributed by atoms with Gasteiger partial charge in [-0.05, 0) is 12.1 Å². The van der Waals surface area contributed by atoms with Gasteiger partial charge >= 0.3 is 0 Å². The van der Waals surface area contributed by atoms with Crippen molar-refractivity contribution in [2.75, 3.05) is 17.7 Å². The molecule has 2 N–H and O–H groups in total. The van der Waals surface area contributed by atoms with Crippen molar-refractivity contribution in [3.8, 4) is 0 Å². The molecule has 5 nitrogen and oxygen atoms in total. The average Bonchev–Trinajstić information content (AvgIpc) is 2.87. The van der Waals surface area contributed by atoms with E-state index in [4.69, 9.17) is 0 Å². The summed E-state index contributed by atoms with van der Waals surface area (Å²) in [6.07, 6.45) is 1.54. The molecule has 2 heterocycles. The van der Waals surface area contributed by atoms with Crippen molar-refractivity contribution in [2.45, 2.75) is 26.2 Å². The second-order valence-electron chi connectivity index (χ2n) is 5.42. The Morgan fingerprint density at radius 2 is 2.05 bits per heavy atom. The zero-order valence-electron chi connectivity index (χ0n) is 12.0. The summed E-state index contributed by atoms with van der Waals surface area (Å²) in [4.78, 5) is 20.6. The summed E-state index contributed by atoms with van der Waals surface area (Å²) in [6, 6.07) is 3.49. The van der Waals surface area contributed by atoms with Crippen LogP contribution < -0.4 is 10.6 Å². The smallest absolute Gasteiger partial charge is 0.259 e. The molecular weight excluding hydrogens is 272 g/mol. The van der Waals surface area contributed by atoms with E-state index in [1.807, 2.05) is 5.38 Å². The van der Waals surface area contributed by atoms with Crippen LogP contribution in [0.5, 0.6) is 0 Å². The predicted molar refractivity (Wildman–Crippen MR) is 82.6 cm³/mol. The van der Waals surface area contributed by atoms with Gasteiger partial charge < -0.3 is 5.32 Å². The number of aromatic nitrogens is 2. The summed E-state index contributed by atoms with van der Waals surface area (Å²) < 4.78 is 0. The van der Waals surface area contributed by atoms with Gasteiger partial charge in [0.1, 0.15) is 5.82 Å². The summed E-state index contributed by atoms with van der Waals surface area (Å²) in [5.74, 6) is 0.528. The first kappa shape index (κ1) is 14.5. The van der Waals surface area contributed by atoms with E-state index >= 15 is 0 Å². The Hall–Kier alpha value is -1.95. The van der Waals surface area contributed by atoms with Crippen LogP contribution >= 0.6 is 11.3 Å². The van der Waals surface area contributed by atoms with Crippen molar-refractivity contribution >= 4 is 28.2 Å². The van der Waals surface area contributed by atoms with Crippen LogP contribution in [0.4, 0.5) is 10.9 Å². The van der Waals surface area contributed by atoms with Crippen LogP contribution in [-0.4, -0.2) is 22.9 Å². The number of pyridine rings is 1. The number of carbonyl (C=O) groups is 1. The van der Waals surface area contributed by atoms with Crippen LogP contribution in [0, 0.1) is 0 Å². The third kappa shape index (κ3) is 3.33. The maximum Gasteiger partial charge on any atom is 0.259 e. The fraction of sp³-hybridized carbons (Fsp3) is 0.357. The number of nitrogens with zero attached hydrogens (tertiary/aromatic N) is 2. The Bertz CT molecular complexity index is 598. The number of carbonyl (C=O) groups excluding carboxylic acids is 1. The van der Waals surface area contributed by atoms with Crippen LogP contribution in [-0.2, 0) is 5.41 Å². The molecule has 0 aromatic carbocycles. The summed E-state index contributed by atoms with van der Waals surface area (Å²) in [5, 5.41) is 8.28. The van der Waals surface area contributed by atoms with E-state index in [9.17, 15) is 4.79 Å². The van der Waals surface area contributed by atoms with Gasteiger partial charge in [0.15, 0.2) is 5.13 Å². The molecule has 0 radical (unpaired) electrons. The third-order valence-electron chi connectivity index (χ3n) is 2.77. The molecule has 0 aliphatic carbocycles. The van der Waals surface area contributed by atoms with Gasteiger partial charge in [-0.3, -0.25) is 10.1 Å². The van der Waals surface area contributed by atoms with Crippen molar-refractivity contribution in [3.63, 3.8) is 0 Å². The molecule has 6 heteroatoms. The van der Waals surface area contributed by atoms with Gasteiger partial charge in [-0.15, -0.1) is 11.3 Å². The molecule has 0 aliphatic rings. The lowest BCUT2D eigenvalue weighted by molar-refractivity contribution is 0.102. The number of thiazole rings is 1. The second-order valence-corrected chi connectivity index (χ2v) is 6.28. The zero-order valence-corrected chi connectivity index (χ0v) is 12.8. The Kier molecular flexibility index (Phi) is 4.04. The lowest BCUT2D eigenvalue weighted by atomic mass is 9.93. The SMILES string of the molecule is CNc1ccc(C(=O)Nc2nc(C(C)(C)C)cs2)cn1. The van der Waals surface area contributed by atoms with Crippen LogP contribution in [0.15, 0.2) is 23.7 Å². The minimum Gasteiger partial charge on any atom is -0.373 e. The highest BCUT2D eigenvalue weighted by molar-refractivity contribution is 7.14. The van der Waals surface area contributed by atoms with E-state index in [2.05, 4.69) is 41.4 Å².